The topological polar surface area (TPSA) is 79.0 Å². The minimum Gasteiger partial charge on any atom is -0.496 e. The number of amides is 3. The van der Waals surface area contributed by atoms with E-state index >= 15 is 0 Å². The highest BCUT2D eigenvalue weighted by atomic mass is 32.2. The van der Waals surface area contributed by atoms with E-state index in [-0.39, 0.29) is 23.8 Å². The van der Waals surface area contributed by atoms with Crippen LogP contribution in [-0.2, 0) is 16.0 Å². The van der Waals surface area contributed by atoms with Crippen LogP contribution in [-0.4, -0.2) is 71.4 Å². The lowest BCUT2D eigenvalue weighted by atomic mass is 10.0. The molecule has 0 aromatic heterocycles. The van der Waals surface area contributed by atoms with Crippen LogP contribution >= 0.6 is 11.8 Å². The van der Waals surface area contributed by atoms with Crippen LogP contribution in [0.1, 0.15) is 28.8 Å². The molecule has 4 rings (SSSR count). The van der Waals surface area contributed by atoms with Crippen molar-refractivity contribution in [1.29, 1.82) is 0 Å². The Morgan fingerprint density at radius 1 is 1.03 bits per heavy atom. The van der Waals surface area contributed by atoms with E-state index in [2.05, 4.69) is 5.32 Å². The number of carbonyl (C=O) groups is 3. The predicted octanol–water partition coefficient (Wildman–Crippen LogP) is 2.56. The van der Waals surface area contributed by atoms with Gasteiger partial charge >= 0.3 is 0 Å². The van der Waals surface area contributed by atoms with Crippen molar-refractivity contribution < 1.29 is 19.1 Å². The number of thioether (sulfide) groups is 1. The molecule has 1 unspecified atom stereocenters. The van der Waals surface area contributed by atoms with Gasteiger partial charge in [-0.25, -0.2) is 0 Å². The van der Waals surface area contributed by atoms with Crippen LogP contribution < -0.4 is 10.1 Å². The molecule has 3 amide bonds. The maximum Gasteiger partial charge on any atom is 0.255 e. The number of piperidine rings is 1. The lowest BCUT2D eigenvalue weighted by Crippen LogP contribution is -2.53. The first kappa shape index (κ1) is 23.2. The molecule has 0 bridgehead atoms. The fourth-order valence-electron chi connectivity index (χ4n) is 4.30. The van der Waals surface area contributed by atoms with Crippen LogP contribution in [0, 0.1) is 0 Å². The number of para-hydroxylation sites is 1. The molecule has 2 aromatic rings. The molecule has 174 valence electrons. The summed E-state index contributed by atoms with van der Waals surface area (Å²) in [5.41, 5.74) is 1.47. The number of ether oxygens (including phenoxy) is 1. The van der Waals surface area contributed by atoms with Gasteiger partial charge in [-0.05, 0) is 31.0 Å². The van der Waals surface area contributed by atoms with E-state index in [4.69, 9.17) is 4.74 Å². The summed E-state index contributed by atoms with van der Waals surface area (Å²) in [6.45, 7) is 1.20. The highest BCUT2D eigenvalue weighted by molar-refractivity contribution is 7.99. The molecule has 2 aliphatic rings. The SMILES string of the molecule is COc1ccccc1CC(=O)N1CCC(NC(=O)C2CSCN2C(=O)c2ccccc2)CC1. The summed E-state index contributed by atoms with van der Waals surface area (Å²) >= 11 is 1.59. The molecule has 2 fully saturated rings. The number of likely N-dealkylation sites (tertiary alicyclic amines) is 1. The van der Waals surface area contributed by atoms with Crippen LogP contribution in [0.3, 0.4) is 0 Å². The molecule has 2 heterocycles. The summed E-state index contributed by atoms with van der Waals surface area (Å²) in [5.74, 6) is 1.68. The van der Waals surface area contributed by atoms with Gasteiger partial charge in [0, 0.05) is 36.0 Å². The summed E-state index contributed by atoms with van der Waals surface area (Å²) < 4.78 is 5.35. The number of nitrogens with one attached hydrogen (secondary N) is 1. The van der Waals surface area contributed by atoms with E-state index < -0.39 is 6.04 Å². The van der Waals surface area contributed by atoms with Crippen molar-refractivity contribution in [3.8, 4) is 5.75 Å². The number of hydrogen-bond acceptors (Lipinski definition) is 5. The van der Waals surface area contributed by atoms with E-state index in [1.54, 1.807) is 35.9 Å². The van der Waals surface area contributed by atoms with Gasteiger partial charge in [-0.2, -0.15) is 0 Å². The average molecular weight is 468 g/mol. The Hall–Kier alpha value is -3.00. The van der Waals surface area contributed by atoms with Gasteiger partial charge in [0.05, 0.1) is 19.4 Å². The van der Waals surface area contributed by atoms with Crippen LogP contribution in [0.4, 0.5) is 0 Å². The molecular formula is C25H29N3O4S. The fraction of sp³-hybridized carbons (Fsp3) is 0.400. The van der Waals surface area contributed by atoms with Gasteiger partial charge in [-0.1, -0.05) is 36.4 Å². The van der Waals surface area contributed by atoms with Crippen molar-refractivity contribution in [1.82, 2.24) is 15.1 Å². The molecule has 0 radical (unpaired) electrons. The van der Waals surface area contributed by atoms with Crippen LogP contribution in [0.25, 0.3) is 0 Å². The Labute approximate surface area is 198 Å². The zero-order valence-corrected chi connectivity index (χ0v) is 19.6. The highest BCUT2D eigenvalue weighted by Gasteiger charge is 2.36. The first-order chi connectivity index (χ1) is 16.1. The van der Waals surface area contributed by atoms with Gasteiger partial charge < -0.3 is 19.9 Å². The van der Waals surface area contributed by atoms with E-state index in [1.165, 1.54) is 0 Å². The molecular weight excluding hydrogens is 438 g/mol. The van der Waals surface area contributed by atoms with Crippen molar-refractivity contribution in [2.24, 2.45) is 0 Å². The lowest BCUT2D eigenvalue weighted by molar-refractivity contribution is -0.131. The standard InChI is InChI=1S/C25H29N3O4S/c1-32-22-10-6-5-9-19(22)15-23(29)27-13-11-20(12-14-27)26-24(30)21-16-33-17-28(21)25(31)18-7-3-2-4-8-18/h2-10,20-21H,11-17H2,1H3,(H,26,30). The molecule has 7 nitrogen and oxygen atoms in total. The molecule has 1 atom stereocenters. The largest absolute Gasteiger partial charge is 0.496 e. The second-order valence-electron chi connectivity index (χ2n) is 8.31. The van der Waals surface area contributed by atoms with Gasteiger partial charge in [0.1, 0.15) is 11.8 Å². The number of rotatable bonds is 6. The van der Waals surface area contributed by atoms with Crippen molar-refractivity contribution in [2.45, 2.75) is 31.3 Å². The van der Waals surface area contributed by atoms with Gasteiger partial charge in [0.25, 0.3) is 5.91 Å². The summed E-state index contributed by atoms with van der Waals surface area (Å²) in [7, 11) is 1.61. The third-order valence-corrected chi connectivity index (χ3v) is 7.21. The number of carbonyl (C=O) groups excluding carboxylic acids is 3. The molecule has 8 heteroatoms. The fourth-order valence-corrected chi connectivity index (χ4v) is 5.45. The van der Waals surface area contributed by atoms with E-state index in [0.29, 0.717) is 49.5 Å². The van der Waals surface area contributed by atoms with Crippen molar-refractivity contribution in [3.05, 3.63) is 65.7 Å². The first-order valence-corrected chi connectivity index (χ1v) is 12.4. The molecule has 0 spiro atoms. The third-order valence-electron chi connectivity index (χ3n) is 6.19. The lowest BCUT2D eigenvalue weighted by Gasteiger charge is -2.33. The Kier molecular flexibility index (Phi) is 7.54. The smallest absolute Gasteiger partial charge is 0.255 e. The maximum atomic E-state index is 13.0. The van der Waals surface area contributed by atoms with E-state index in [9.17, 15) is 14.4 Å². The number of methoxy groups -OCH3 is 1. The summed E-state index contributed by atoms with van der Waals surface area (Å²) in [6, 6.07) is 16.2. The van der Waals surface area contributed by atoms with Crippen molar-refractivity contribution in [2.75, 3.05) is 31.8 Å². The van der Waals surface area contributed by atoms with E-state index in [0.717, 1.165) is 11.3 Å². The summed E-state index contributed by atoms with van der Waals surface area (Å²) in [5, 5.41) is 3.12. The number of benzene rings is 2. The van der Waals surface area contributed by atoms with Crippen LogP contribution in [0.2, 0.25) is 0 Å². The third kappa shape index (κ3) is 5.50. The molecule has 33 heavy (non-hydrogen) atoms. The average Bonchev–Trinajstić information content (AvgIpc) is 3.35. The second-order valence-corrected chi connectivity index (χ2v) is 9.31. The monoisotopic (exact) mass is 467 g/mol. The predicted molar refractivity (Wildman–Crippen MR) is 128 cm³/mol. The molecule has 1 N–H and O–H groups in total. The quantitative estimate of drug-likeness (QED) is 0.707. The maximum absolute atomic E-state index is 13.0. The Bertz CT molecular complexity index is 992. The Morgan fingerprint density at radius 2 is 1.73 bits per heavy atom. The highest BCUT2D eigenvalue weighted by Crippen LogP contribution is 2.24. The molecule has 2 saturated heterocycles. The molecule has 0 saturated carbocycles. The summed E-state index contributed by atoms with van der Waals surface area (Å²) in [6.07, 6.45) is 1.71. The Balaban J connectivity index is 1.28. The molecule has 0 aliphatic carbocycles. The van der Waals surface area contributed by atoms with Gasteiger partial charge in [-0.15, -0.1) is 11.8 Å². The van der Waals surface area contributed by atoms with E-state index in [1.807, 2.05) is 47.4 Å². The summed E-state index contributed by atoms with van der Waals surface area (Å²) in [4.78, 5) is 42.1. The number of nitrogens with zero attached hydrogens (tertiary/aromatic N) is 2. The minimum absolute atomic E-state index is 0.00656. The van der Waals surface area contributed by atoms with Crippen molar-refractivity contribution in [3.63, 3.8) is 0 Å². The van der Waals surface area contributed by atoms with Gasteiger partial charge in [0.2, 0.25) is 11.8 Å². The zero-order chi connectivity index (χ0) is 23.2. The zero-order valence-electron chi connectivity index (χ0n) is 18.7. The van der Waals surface area contributed by atoms with Crippen molar-refractivity contribution >= 4 is 29.5 Å². The second kappa shape index (κ2) is 10.7. The molecule has 2 aromatic carbocycles. The number of hydrogen-bond donors (Lipinski definition) is 1. The molecule has 2 aliphatic heterocycles. The van der Waals surface area contributed by atoms with Gasteiger partial charge in [-0.3, -0.25) is 14.4 Å². The van der Waals surface area contributed by atoms with Crippen LogP contribution in [0.15, 0.2) is 54.6 Å². The van der Waals surface area contributed by atoms with Crippen LogP contribution in [0.5, 0.6) is 5.75 Å². The van der Waals surface area contributed by atoms with Gasteiger partial charge in [0.15, 0.2) is 0 Å². The Morgan fingerprint density at radius 3 is 2.45 bits per heavy atom. The first-order valence-electron chi connectivity index (χ1n) is 11.2. The minimum atomic E-state index is -0.465. The normalized spacial score (nSPS) is 18.8.